The van der Waals surface area contributed by atoms with Gasteiger partial charge in [0, 0.05) is 24.7 Å². The average Bonchev–Trinajstić information content (AvgIpc) is 3.25. The lowest BCUT2D eigenvalue weighted by molar-refractivity contribution is -0.143. The van der Waals surface area contributed by atoms with Gasteiger partial charge >= 0.3 is 11.9 Å². The molecule has 0 radical (unpaired) electrons. The Bertz CT molecular complexity index is 873. The Morgan fingerprint density at radius 1 is 1.00 bits per heavy atom. The molecule has 1 rings (SSSR count). The molecule has 0 aliphatic rings. The number of nitrogens with two attached hydrogens (primary N) is 1. The number of aliphatic carboxylic acids is 2. The van der Waals surface area contributed by atoms with Crippen molar-refractivity contribution in [3.63, 3.8) is 0 Å². The highest BCUT2D eigenvalue weighted by molar-refractivity contribution is 5.94. The Balaban J connectivity index is 3.02. The summed E-state index contributed by atoms with van der Waals surface area (Å²) in [6.07, 6.45) is 0.734. The second-order valence-corrected chi connectivity index (χ2v) is 8.64. The molecule has 0 saturated heterocycles. The van der Waals surface area contributed by atoms with E-state index in [0.29, 0.717) is 12.1 Å². The number of H-pyrrole nitrogens is 1. The van der Waals surface area contributed by atoms with Gasteiger partial charge in [-0.15, -0.1) is 0 Å². The molecule has 3 amide bonds. The second kappa shape index (κ2) is 14.0. The van der Waals surface area contributed by atoms with Crippen LogP contribution in [-0.2, 0) is 30.4 Å². The number of aromatic amines is 1. The van der Waals surface area contributed by atoms with Crippen molar-refractivity contribution in [3.8, 4) is 0 Å². The Morgan fingerprint density at radius 3 is 2.11 bits per heavy atom. The van der Waals surface area contributed by atoms with Crippen LogP contribution in [0.25, 0.3) is 0 Å². The van der Waals surface area contributed by atoms with Crippen LogP contribution in [0.5, 0.6) is 0 Å². The van der Waals surface area contributed by atoms with Gasteiger partial charge in [-0.2, -0.15) is 0 Å². The lowest BCUT2D eigenvalue weighted by Gasteiger charge is -2.26. The molecule has 14 nitrogen and oxygen atoms in total. The molecule has 1 heterocycles. The third-order valence-corrected chi connectivity index (χ3v) is 5.00. The van der Waals surface area contributed by atoms with Gasteiger partial charge in [0.15, 0.2) is 0 Å². The predicted octanol–water partition coefficient (Wildman–Crippen LogP) is -1.89. The number of nitrogens with zero attached hydrogens (tertiary/aromatic N) is 1. The molecule has 0 aromatic carbocycles. The van der Waals surface area contributed by atoms with E-state index in [1.54, 1.807) is 0 Å². The fourth-order valence-corrected chi connectivity index (χ4v) is 3.16. The van der Waals surface area contributed by atoms with Crippen molar-refractivity contribution in [1.82, 2.24) is 25.9 Å². The van der Waals surface area contributed by atoms with E-state index in [0.717, 1.165) is 0 Å². The van der Waals surface area contributed by atoms with E-state index >= 15 is 0 Å². The highest BCUT2D eigenvalue weighted by Gasteiger charge is 2.33. The molecule has 1 aromatic heterocycles. The van der Waals surface area contributed by atoms with Crippen LogP contribution < -0.4 is 21.7 Å². The van der Waals surface area contributed by atoms with Crippen molar-refractivity contribution in [1.29, 1.82) is 0 Å². The van der Waals surface area contributed by atoms with Crippen molar-refractivity contribution in [2.75, 3.05) is 0 Å². The van der Waals surface area contributed by atoms with Crippen molar-refractivity contribution >= 4 is 29.7 Å². The first kappa shape index (κ1) is 29.5. The monoisotopic (exact) mass is 498 g/mol. The van der Waals surface area contributed by atoms with Crippen molar-refractivity contribution < 1.29 is 39.3 Å². The smallest absolute Gasteiger partial charge is 0.326 e. The van der Waals surface area contributed by atoms with Crippen LogP contribution >= 0.6 is 0 Å². The highest BCUT2D eigenvalue weighted by Crippen LogP contribution is 2.06. The number of imidazole rings is 1. The molecular formula is C21H34N6O8. The molecule has 1 aromatic rings. The number of carbonyl (C=O) groups is 5. The zero-order valence-corrected chi connectivity index (χ0v) is 19.9. The number of nitrogens with one attached hydrogen (secondary N) is 4. The fraction of sp³-hybridized carbons (Fsp3) is 0.619. The van der Waals surface area contributed by atoms with Crippen LogP contribution in [0, 0.1) is 5.92 Å². The Morgan fingerprint density at radius 2 is 1.63 bits per heavy atom. The standard InChI is InChI=1S/C21H34N6O8/c1-10(2)6-13(22)18(31)27-17(11(3)28)20(33)26-15(7-12-8-23-9-24-12)19(32)25-14(21(34)35)4-5-16(29)30/h8-11,13-15,17,28H,4-7,22H2,1-3H3,(H,23,24)(H,25,32)(H,26,33)(H,27,31)(H,29,30)(H,34,35). The maximum absolute atomic E-state index is 12.9. The Hall–Kier alpha value is -3.52. The van der Waals surface area contributed by atoms with E-state index in [1.165, 1.54) is 19.4 Å². The van der Waals surface area contributed by atoms with Gasteiger partial charge in [0.1, 0.15) is 18.1 Å². The van der Waals surface area contributed by atoms with E-state index in [1.807, 2.05) is 13.8 Å². The first-order valence-corrected chi connectivity index (χ1v) is 11.1. The van der Waals surface area contributed by atoms with E-state index in [9.17, 15) is 34.2 Å². The summed E-state index contributed by atoms with van der Waals surface area (Å²) >= 11 is 0. The molecule has 196 valence electrons. The number of rotatable bonds is 15. The first-order chi connectivity index (χ1) is 16.3. The molecule has 0 fully saturated rings. The predicted molar refractivity (Wildman–Crippen MR) is 122 cm³/mol. The molecule has 0 spiro atoms. The van der Waals surface area contributed by atoms with E-state index in [4.69, 9.17) is 10.8 Å². The van der Waals surface area contributed by atoms with Crippen LogP contribution in [-0.4, -0.2) is 85.2 Å². The number of carboxylic acids is 2. The SMILES string of the molecule is CC(C)CC(N)C(=O)NC(C(=O)NC(Cc1cnc[nH]1)C(=O)NC(CCC(=O)O)C(=O)O)C(C)O. The molecule has 5 atom stereocenters. The molecule has 14 heteroatoms. The minimum atomic E-state index is -1.51. The number of carbonyl (C=O) groups excluding carboxylic acids is 3. The average molecular weight is 499 g/mol. The molecular weight excluding hydrogens is 464 g/mol. The van der Waals surface area contributed by atoms with Crippen molar-refractivity contribution in [2.45, 2.75) is 76.7 Å². The molecule has 0 aliphatic heterocycles. The maximum atomic E-state index is 12.9. The van der Waals surface area contributed by atoms with Gasteiger partial charge < -0.3 is 42.0 Å². The Kier molecular flexibility index (Phi) is 11.8. The van der Waals surface area contributed by atoms with E-state index in [2.05, 4.69) is 25.9 Å². The van der Waals surface area contributed by atoms with Crippen LogP contribution in [0.1, 0.15) is 45.7 Å². The number of aliphatic hydroxyl groups excluding tert-OH is 1. The third-order valence-electron chi connectivity index (χ3n) is 5.00. The quantitative estimate of drug-likeness (QED) is 0.134. The number of aromatic nitrogens is 2. The van der Waals surface area contributed by atoms with Gasteiger partial charge in [-0.05, 0) is 25.7 Å². The van der Waals surface area contributed by atoms with E-state index < -0.39 is 66.4 Å². The Labute approximate surface area is 202 Å². The molecule has 0 bridgehead atoms. The summed E-state index contributed by atoms with van der Waals surface area (Å²) in [4.78, 5) is 67.0. The number of hydrogen-bond acceptors (Lipinski definition) is 8. The van der Waals surface area contributed by atoms with Crippen LogP contribution in [0.3, 0.4) is 0 Å². The van der Waals surface area contributed by atoms with Gasteiger partial charge in [0.05, 0.1) is 18.5 Å². The fourth-order valence-electron chi connectivity index (χ4n) is 3.16. The summed E-state index contributed by atoms with van der Waals surface area (Å²) in [6, 6.07) is -5.21. The third kappa shape index (κ3) is 10.5. The van der Waals surface area contributed by atoms with Crippen LogP contribution in [0.15, 0.2) is 12.5 Å². The summed E-state index contributed by atoms with van der Waals surface area (Å²) in [5.41, 5.74) is 6.27. The zero-order valence-electron chi connectivity index (χ0n) is 19.9. The summed E-state index contributed by atoms with van der Waals surface area (Å²) in [5.74, 6) is -5.03. The summed E-state index contributed by atoms with van der Waals surface area (Å²) < 4.78 is 0. The molecule has 0 saturated carbocycles. The summed E-state index contributed by atoms with van der Waals surface area (Å²) in [6.45, 7) is 5.01. The van der Waals surface area contributed by atoms with Crippen molar-refractivity contribution in [2.24, 2.45) is 11.7 Å². The topological polar surface area (TPSA) is 237 Å². The molecule has 5 unspecified atom stereocenters. The van der Waals surface area contributed by atoms with Gasteiger partial charge in [0.25, 0.3) is 0 Å². The zero-order chi connectivity index (χ0) is 26.7. The largest absolute Gasteiger partial charge is 0.481 e. The minimum Gasteiger partial charge on any atom is -0.481 e. The van der Waals surface area contributed by atoms with Crippen LogP contribution in [0.2, 0.25) is 0 Å². The lowest BCUT2D eigenvalue weighted by atomic mass is 10.0. The number of hydrogen-bond donors (Lipinski definition) is 8. The summed E-state index contributed by atoms with van der Waals surface area (Å²) in [7, 11) is 0. The first-order valence-electron chi connectivity index (χ1n) is 11.1. The molecule has 35 heavy (non-hydrogen) atoms. The van der Waals surface area contributed by atoms with Gasteiger partial charge in [-0.1, -0.05) is 13.8 Å². The number of aliphatic hydroxyl groups is 1. The normalized spacial score (nSPS) is 15.4. The summed E-state index contributed by atoms with van der Waals surface area (Å²) in [5, 5.41) is 35.2. The highest BCUT2D eigenvalue weighted by atomic mass is 16.4. The molecule has 0 aliphatic carbocycles. The van der Waals surface area contributed by atoms with Gasteiger partial charge in [-0.25, -0.2) is 9.78 Å². The maximum Gasteiger partial charge on any atom is 0.326 e. The number of amides is 3. The van der Waals surface area contributed by atoms with Gasteiger partial charge in [-0.3, -0.25) is 19.2 Å². The lowest BCUT2D eigenvalue weighted by Crippen LogP contribution is -2.60. The van der Waals surface area contributed by atoms with Crippen molar-refractivity contribution in [3.05, 3.63) is 18.2 Å². The van der Waals surface area contributed by atoms with Crippen LogP contribution in [0.4, 0.5) is 0 Å². The minimum absolute atomic E-state index is 0.111. The van der Waals surface area contributed by atoms with E-state index in [-0.39, 0.29) is 18.8 Å². The molecule has 9 N–H and O–H groups in total. The van der Waals surface area contributed by atoms with Gasteiger partial charge in [0.2, 0.25) is 17.7 Å². The number of carboxylic acid groups (broad SMARTS) is 2. The second-order valence-electron chi connectivity index (χ2n) is 8.64.